The molecule has 0 aromatic heterocycles. The second-order valence-electron chi connectivity index (χ2n) is 2.92. The fourth-order valence-electron chi connectivity index (χ4n) is 1.36. The summed E-state index contributed by atoms with van der Waals surface area (Å²) >= 11 is 0. The van der Waals surface area contributed by atoms with Crippen molar-refractivity contribution in [2.75, 3.05) is 0 Å². The molecule has 1 unspecified atom stereocenters. The Morgan fingerprint density at radius 3 is 2.50 bits per heavy atom. The topological polar surface area (TPSA) is 26.3 Å². The SMILES string of the molecule is [B][C@H]1CC(C)[C@@H](C(C)=O)O1. The van der Waals surface area contributed by atoms with Gasteiger partial charge in [-0.15, -0.1) is 0 Å². The maximum atomic E-state index is 10.8. The number of carbonyl (C=O) groups excluding carboxylic acids is 1. The molecule has 1 fully saturated rings. The van der Waals surface area contributed by atoms with Crippen LogP contribution >= 0.6 is 0 Å². The van der Waals surface area contributed by atoms with Gasteiger partial charge in [0.15, 0.2) is 5.78 Å². The highest BCUT2D eigenvalue weighted by Crippen LogP contribution is 2.24. The Bertz CT molecular complexity index is 147. The number of hydrogen-bond donors (Lipinski definition) is 0. The van der Waals surface area contributed by atoms with Gasteiger partial charge in [0.05, 0.1) is 0 Å². The van der Waals surface area contributed by atoms with E-state index in [4.69, 9.17) is 12.6 Å². The van der Waals surface area contributed by atoms with Crippen LogP contribution in [-0.2, 0) is 9.53 Å². The molecule has 0 aliphatic carbocycles. The molecule has 3 atom stereocenters. The van der Waals surface area contributed by atoms with E-state index in [2.05, 4.69) is 0 Å². The van der Waals surface area contributed by atoms with Gasteiger partial charge in [-0.2, -0.15) is 0 Å². The highest BCUT2D eigenvalue weighted by atomic mass is 16.5. The summed E-state index contributed by atoms with van der Waals surface area (Å²) in [6, 6.07) is -0.233. The number of ketones is 1. The highest BCUT2D eigenvalue weighted by molar-refractivity contribution is 6.11. The molecule has 1 rings (SSSR count). The van der Waals surface area contributed by atoms with Crippen LogP contribution in [0.15, 0.2) is 0 Å². The van der Waals surface area contributed by atoms with Crippen LogP contribution < -0.4 is 0 Å². The molecule has 0 aromatic rings. The standard InChI is InChI=1S/C7H11BO2/c1-4-3-6(8)10-7(4)5(2)9/h4,6-7H,3H2,1-2H3/t4?,6-,7+/m1/s1. The van der Waals surface area contributed by atoms with E-state index in [1.54, 1.807) is 6.92 Å². The van der Waals surface area contributed by atoms with Crippen LogP contribution in [0, 0.1) is 5.92 Å². The summed E-state index contributed by atoms with van der Waals surface area (Å²) in [4.78, 5) is 10.8. The summed E-state index contributed by atoms with van der Waals surface area (Å²) in [6.07, 6.45) is 0.541. The lowest BCUT2D eigenvalue weighted by Gasteiger charge is -2.09. The molecule has 1 aliphatic rings. The summed E-state index contributed by atoms with van der Waals surface area (Å²) < 4.78 is 5.16. The van der Waals surface area contributed by atoms with Crippen molar-refractivity contribution in [3.8, 4) is 0 Å². The third-order valence-electron chi connectivity index (χ3n) is 1.84. The van der Waals surface area contributed by atoms with Crippen LogP contribution in [0.3, 0.4) is 0 Å². The van der Waals surface area contributed by atoms with Gasteiger partial charge in [-0.25, -0.2) is 0 Å². The minimum absolute atomic E-state index is 0.0838. The molecular formula is C7H11BO2. The van der Waals surface area contributed by atoms with Crippen molar-refractivity contribution < 1.29 is 9.53 Å². The Morgan fingerprint density at radius 1 is 1.70 bits per heavy atom. The zero-order valence-electron chi connectivity index (χ0n) is 6.33. The van der Waals surface area contributed by atoms with E-state index >= 15 is 0 Å². The van der Waals surface area contributed by atoms with Gasteiger partial charge >= 0.3 is 0 Å². The maximum absolute atomic E-state index is 10.8. The van der Waals surface area contributed by atoms with E-state index in [0.29, 0.717) is 0 Å². The fraction of sp³-hybridized carbons (Fsp3) is 0.857. The van der Waals surface area contributed by atoms with Gasteiger partial charge in [-0.05, 0) is 19.3 Å². The molecule has 0 aromatic carbocycles. The van der Waals surface area contributed by atoms with Gasteiger partial charge in [0, 0.05) is 6.00 Å². The van der Waals surface area contributed by atoms with Gasteiger partial charge in [-0.3, -0.25) is 4.79 Å². The zero-order valence-corrected chi connectivity index (χ0v) is 6.33. The van der Waals surface area contributed by atoms with Crippen LogP contribution in [-0.4, -0.2) is 25.7 Å². The van der Waals surface area contributed by atoms with E-state index < -0.39 is 0 Å². The van der Waals surface area contributed by atoms with Crippen LogP contribution in [0.1, 0.15) is 20.3 Å². The summed E-state index contributed by atoms with van der Waals surface area (Å²) in [7, 11) is 5.48. The summed E-state index contributed by atoms with van der Waals surface area (Å²) in [5, 5.41) is 0. The quantitative estimate of drug-likeness (QED) is 0.493. The summed E-state index contributed by atoms with van der Waals surface area (Å²) in [5.74, 6) is 0.368. The first-order valence-electron chi connectivity index (χ1n) is 3.52. The van der Waals surface area contributed by atoms with Gasteiger partial charge in [-0.1, -0.05) is 6.92 Å². The van der Waals surface area contributed by atoms with Gasteiger partial charge < -0.3 is 4.74 Å². The molecule has 54 valence electrons. The van der Waals surface area contributed by atoms with E-state index in [1.807, 2.05) is 6.92 Å². The zero-order chi connectivity index (χ0) is 7.72. The number of rotatable bonds is 1. The number of carbonyl (C=O) groups is 1. The predicted octanol–water partition coefficient (Wildman–Crippen LogP) is 0.495. The predicted molar refractivity (Wildman–Crippen MR) is 38.9 cm³/mol. The van der Waals surface area contributed by atoms with Gasteiger partial charge in [0.1, 0.15) is 14.0 Å². The minimum Gasteiger partial charge on any atom is -0.377 e. The number of Topliss-reactive ketones (excluding diaryl/α,β-unsaturated/α-hetero) is 1. The van der Waals surface area contributed by atoms with Crippen LogP contribution in [0.4, 0.5) is 0 Å². The molecule has 0 spiro atoms. The Morgan fingerprint density at radius 2 is 2.30 bits per heavy atom. The molecule has 0 amide bonds. The Balaban J connectivity index is 2.54. The second-order valence-corrected chi connectivity index (χ2v) is 2.92. The Labute approximate surface area is 62.3 Å². The lowest BCUT2D eigenvalue weighted by Crippen LogP contribution is -2.22. The second kappa shape index (κ2) is 2.75. The normalized spacial score (nSPS) is 40.0. The molecular weight excluding hydrogens is 127 g/mol. The summed E-state index contributed by atoms with van der Waals surface area (Å²) in [6.45, 7) is 3.53. The first kappa shape index (κ1) is 7.80. The smallest absolute Gasteiger partial charge is 0.158 e. The molecule has 1 aliphatic heterocycles. The first-order valence-corrected chi connectivity index (χ1v) is 3.52. The van der Waals surface area contributed by atoms with Crippen molar-refractivity contribution in [2.24, 2.45) is 5.92 Å². The van der Waals surface area contributed by atoms with Crippen molar-refractivity contribution in [2.45, 2.75) is 32.4 Å². The highest BCUT2D eigenvalue weighted by Gasteiger charge is 2.31. The first-order chi connectivity index (χ1) is 4.61. The maximum Gasteiger partial charge on any atom is 0.158 e. The van der Waals surface area contributed by atoms with Crippen molar-refractivity contribution >= 4 is 13.6 Å². The van der Waals surface area contributed by atoms with Gasteiger partial charge in [0.25, 0.3) is 0 Å². The van der Waals surface area contributed by atoms with Gasteiger partial charge in [0.2, 0.25) is 0 Å². The average molecular weight is 138 g/mol. The molecule has 3 heteroatoms. The van der Waals surface area contributed by atoms with Crippen molar-refractivity contribution in [1.29, 1.82) is 0 Å². The average Bonchev–Trinajstić information content (AvgIpc) is 2.10. The third-order valence-corrected chi connectivity index (χ3v) is 1.84. The fourth-order valence-corrected chi connectivity index (χ4v) is 1.36. The lowest BCUT2D eigenvalue weighted by atomic mass is 9.91. The molecule has 2 nitrogen and oxygen atoms in total. The third kappa shape index (κ3) is 1.40. The van der Waals surface area contributed by atoms with Crippen LogP contribution in [0.25, 0.3) is 0 Å². The molecule has 10 heavy (non-hydrogen) atoms. The number of ether oxygens (including phenoxy) is 1. The monoisotopic (exact) mass is 138 g/mol. The molecule has 0 bridgehead atoms. The molecule has 0 N–H and O–H groups in total. The largest absolute Gasteiger partial charge is 0.377 e. The molecule has 1 heterocycles. The van der Waals surface area contributed by atoms with E-state index in [0.717, 1.165) is 6.42 Å². The van der Waals surface area contributed by atoms with Crippen LogP contribution in [0.2, 0.25) is 0 Å². The molecule has 2 radical (unpaired) electrons. The van der Waals surface area contributed by atoms with E-state index in [9.17, 15) is 4.79 Å². The Kier molecular flexibility index (Phi) is 2.14. The number of hydrogen-bond acceptors (Lipinski definition) is 2. The van der Waals surface area contributed by atoms with Crippen LogP contribution in [0.5, 0.6) is 0 Å². The summed E-state index contributed by atoms with van der Waals surface area (Å²) in [5.41, 5.74) is 0. The lowest BCUT2D eigenvalue weighted by molar-refractivity contribution is -0.127. The van der Waals surface area contributed by atoms with Crippen molar-refractivity contribution in [3.63, 3.8) is 0 Å². The van der Waals surface area contributed by atoms with E-state index in [-0.39, 0.29) is 23.8 Å². The molecule has 1 saturated heterocycles. The minimum atomic E-state index is -0.255. The van der Waals surface area contributed by atoms with Crippen molar-refractivity contribution in [1.82, 2.24) is 0 Å². The molecule has 0 saturated carbocycles. The Hall–Kier alpha value is -0.305. The van der Waals surface area contributed by atoms with Crippen molar-refractivity contribution in [3.05, 3.63) is 0 Å². The van der Waals surface area contributed by atoms with E-state index in [1.165, 1.54) is 0 Å².